The first-order valence-corrected chi connectivity index (χ1v) is 7.08. The van der Waals surface area contributed by atoms with E-state index in [2.05, 4.69) is 15.5 Å². The van der Waals surface area contributed by atoms with Crippen LogP contribution in [0.3, 0.4) is 0 Å². The number of rotatable bonds is 3. The van der Waals surface area contributed by atoms with Crippen LogP contribution >= 0.6 is 0 Å². The molecule has 20 heavy (non-hydrogen) atoms. The van der Waals surface area contributed by atoms with E-state index in [0.29, 0.717) is 12.3 Å². The molecule has 1 atom stereocenters. The first kappa shape index (κ1) is 14.8. The molecule has 1 saturated heterocycles. The topological polar surface area (TPSA) is 93.0 Å². The summed E-state index contributed by atoms with van der Waals surface area (Å²) in [6.07, 6.45) is 1.61. The van der Waals surface area contributed by atoms with Crippen LogP contribution in [0.1, 0.15) is 62.6 Å². The van der Waals surface area contributed by atoms with Crippen LogP contribution in [0, 0.1) is 0 Å². The normalized spacial score (nSPS) is 21.9. The molecular formula is C14H24N4O2. The number of H-pyrrole nitrogens is 1. The molecule has 1 aliphatic rings. The summed E-state index contributed by atoms with van der Waals surface area (Å²) in [5.74, 6) is -0.000543. The predicted molar refractivity (Wildman–Crippen MR) is 77.6 cm³/mol. The number of aromatic nitrogens is 2. The molecule has 1 aromatic heterocycles. The maximum Gasteiger partial charge on any atom is 0.274 e. The smallest absolute Gasteiger partial charge is 0.274 e. The summed E-state index contributed by atoms with van der Waals surface area (Å²) >= 11 is 0. The summed E-state index contributed by atoms with van der Waals surface area (Å²) in [4.78, 5) is 12.3. The molecular weight excluding hydrogens is 256 g/mol. The number of carbonyl (C=O) groups is 1. The van der Waals surface area contributed by atoms with Gasteiger partial charge in [-0.2, -0.15) is 5.10 Å². The second-order valence-electron chi connectivity index (χ2n) is 6.33. The number of amides is 1. The van der Waals surface area contributed by atoms with Crippen molar-refractivity contribution >= 4 is 11.6 Å². The van der Waals surface area contributed by atoms with Crippen molar-refractivity contribution in [3.8, 4) is 0 Å². The lowest BCUT2D eigenvalue weighted by atomic mass is 9.94. The Kier molecular flexibility index (Phi) is 4.04. The Hall–Kier alpha value is -1.56. The fourth-order valence-electron chi connectivity index (χ4n) is 2.59. The molecule has 2 heterocycles. The zero-order valence-electron chi connectivity index (χ0n) is 12.6. The van der Waals surface area contributed by atoms with Crippen LogP contribution in [-0.4, -0.2) is 34.4 Å². The number of nitrogens with one attached hydrogen (secondary N) is 2. The molecule has 0 radical (unpaired) electrons. The van der Waals surface area contributed by atoms with E-state index >= 15 is 0 Å². The van der Waals surface area contributed by atoms with E-state index in [4.69, 9.17) is 10.5 Å². The molecule has 1 aromatic rings. The standard InChI is InChI=1S/C14H24N4O2/c1-8(2)11-10(15)12(18-17-11)13(19)16-9-5-6-20-14(3,4)7-9/h8-9H,5-7,15H2,1-4H3,(H,16,19)(H,17,18). The zero-order chi connectivity index (χ0) is 14.9. The quantitative estimate of drug-likeness (QED) is 0.787. The van der Waals surface area contributed by atoms with Gasteiger partial charge in [0.1, 0.15) is 0 Å². The van der Waals surface area contributed by atoms with E-state index in [1.165, 1.54) is 0 Å². The van der Waals surface area contributed by atoms with Gasteiger partial charge < -0.3 is 15.8 Å². The summed E-state index contributed by atoms with van der Waals surface area (Å²) in [6, 6.07) is 0.102. The Morgan fingerprint density at radius 3 is 2.80 bits per heavy atom. The SMILES string of the molecule is CC(C)c1[nH]nc(C(=O)NC2CCOC(C)(C)C2)c1N. The van der Waals surface area contributed by atoms with Gasteiger partial charge in [-0.05, 0) is 32.6 Å². The molecule has 1 aliphatic heterocycles. The van der Waals surface area contributed by atoms with Crippen molar-refractivity contribution in [3.63, 3.8) is 0 Å². The molecule has 0 saturated carbocycles. The van der Waals surface area contributed by atoms with Crippen LogP contribution < -0.4 is 11.1 Å². The van der Waals surface area contributed by atoms with Crippen LogP contribution in [0.15, 0.2) is 0 Å². The monoisotopic (exact) mass is 280 g/mol. The van der Waals surface area contributed by atoms with Gasteiger partial charge in [0.25, 0.3) is 5.91 Å². The molecule has 1 unspecified atom stereocenters. The van der Waals surface area contributed by atoms with Crippen molar-refractivity contribution in [2.24, 2.45) is 0 Å². The zero-order valence-corrected chi connectivity index (χ0v) is 12.6. The third-order valence-electron chi connectivity index (χ3n) is 3.66. The van der Waals surface area contributed by atoms with E-state index in [0.717, 1.165) is 18.5 Å². The lowest BCUT2D eigenvalue weighted by Crippen LogP contribution is -2.46. The molecule has 4 N–H and O–H groups in total. The Balaban J connectivity index is 2.05. The van der Waals surface area contributed by atoms with Crippen molar-refractivity contribution in [2.45, 2.75) is 58.1 Å². The number of hydrogen-bond acceptors (Lipinski definition) is 4. The highest BCUT2D eigenvalue weighted by molar-refractivity contribution is 5.97. The van der Waals surface area contributed by atoms with Gasteiger partial charge in [-0.1, -0.05) is 13.8 Å². The summed E-state index contributed by atoms with van der Waals surface area (Å²) < 4.78 is 5.64. The molecule has 112 valence electrons. The second-order valence-corrected chi connectivity index (χ2v) is 6.33. The lowest BCUT2D eigenvalue weighted by Gasteiger charge is -2.35. The third-order valence-corrected chi connectivity index (χ3v) is 3.66. The van der Waals surface area contributed by atoms with E-state index in [9.17, 15) is 4.79 Å². The third kappa shape index (κ3) is 3.12. The predicted octanol–water partition coefficient (Wildman–Crippen LogP) is 1.80. The molecule has 2 rings (SSSR count). The van der Waals surface area contributed by atoms with Gasteiger partial charge in [0.05, 0.1) is 17.0 Å². The average Bonchev–Trinajstić information content (AvgIpc) is 2.69. The van der Waals surface area contributed by atoms with Crippen molar-refractivity contribution < 1.29 is 9.53 Å². The number of aromatic amines is 1. The molecule has 0 spiro atoms. The maximum absolute atomic E-state index is 12.3. The number of carbonyl (C=O) groups excluding carboxylic acids is 1. The Morgan fingerprint density at radius 1 is 1.55 bits per heavy atom. The van der Waals surface area contributed by atoms with E-state index in [-0.39, 0.29) is 29.2 Å². The maximum atomic E-state index is 12.3. The number of hydrogen-bond donors (Lipinski definition) is 3. The summed E-state index contributed by atoms with van der Waals surface area (Å²) in [5.41, 5.74) is 7.33. The number of anilines is 1. The van der Waals surface area contributed by atoms with Crippen LogP contribution in [0.5, 0.6) is 0 Å². The summed E-state index contributed by atoms with van der Waals surface area (Å²) in [7, 11) is 0. The molecule has 6 nitrogen and oxygen atoms in total. The van der Waals surface area contributed by atoms with Crippen LogP contribution in [0.2, 0.25) is 0 Å². The Bertz CT molecular complexity index is 493. The van der Waals surface area contributed by atoms with Gasteiger partial charge in [-0.15, -0.1) is 0 Å². The summed E-state index contributed by atoms with van der Waals surface area (Å²) in [5, 5.41) is 9.90. The Labute approximate surface area is 119 Å². The van der Waals surface area contributed by atoms with Gasteiger partial charge in [-0.25, -0.2) is 0 Å². The van der Waals surface area contributed by atoms with E-state index in [1.54, 1.807) is 0 Å². The first-order valence-electron chi connectivity index (χ1n) is 7.08. The second kappa shape index (κ2) is 5.44. The highest BCUT2D eigenvalue weighted by Gasteiger charge is 2.30. The van der Waals surface area contributed by atoms with Crippen molar-refractivity contribution in [3.05, 3.63) is 11.4 Å². The van der Waals surface area contributed by atoms with Crippen molar-refractivity contribution in [2.75, 3.05) is 12.3 Å². The fourth-order valence-corrected chi connectivity index (χ4v) is 2.59. The van der Waals surface area contributed by atoms with Gasteiger partial charge in [0, 0.05) is 12.6 Å². The van der Waals surface area contributed by atoms with E-state index in [1.807, 2.05) is 27.7 Å². The minimum Gasteiger partial charge on any atom is -0.395 e. The number of nitrogens with zero attached hydrogens (tertiary/aromatic N) is 1. The number of ether oxygens (including phenoxy) is 1. The van der Waals surface area contributed by atoms with Crippen molar-refractivity contribution in [1.29, 1.82) is 0 Å². The van der Waals surface area contributed by atoms with Crippen LogP contribution in [0.25, 0.3) is 0 Å². The van der Waals surface area contributed by atoms with Crippen molar-refractivity contribution in [1.82, 2.24) is 15.5 Å². The average molecular weight is 280 g/mol. The molecule has 0 aromatic carbocycles. The number of nitrogen functional groups attached to an aromatic ring is 1. The highest BCUT2D eigenvalue weighted by Crippen LogP contribution is 2.25. The van der Waals surface area contributed by atoms with E-state index < -0.39 is 0 Å². The lowest BCUT2D eigenvalue weighted by molar-refractivity contribution is -0.0615. The highest BCUT2D eigenvalue weighted by atomic mass is 16.5. The molecule has 1 fully saturated rings. The molecule has 0 aliphatic carbocycles. The Morgan fingerprint density at radius 2 is 2.25 bits per heavy atom. The first-order chi connectivity index (χ1) is 9.30. The largest absolute Gasteiger partial charge is 0.395 e. The minimum absolute atomic E-state index is 0.102. The molecule has 1 amide bonds. The minimum atomic E-state index is -0.214. The molecule has 0 bridgehead atoms. The number of nitrogens with two attached hydrogens (primary N) is 1. The summed E-state index contributed by atoms with van der Waals surface area (Å²) in [6.45, 7) is 8.74. The molecule has 6 heteroatoms. The van der Waals surface area contributed by atoms with Crippen LogP contribution in [-0.2, 0) is 4.74 Å². The van der Waals surface area contributed by atoms with Crippen LogP contribution in [0.4, 0.5) is 5.69 Å². The fraction of sp³-hybridized carbons (Fsp3) is 0.714. The van der Waals surface area contributed by atoms with Gasteiger partial charge in [0.2, 0.25) is 0 Å². The van der Waals surface area contributed by atoms with Gasteiger partial charge in [0.15, 0.2) is 5.69 Å². The van der Waals surface area contributed by atoms with Gasteiger partial charge in [-0.3, -0.25) is 9.89 Å². The van der Waals surface area contributed by atoms with Gasteiger partial charge >= 0.3 is 0 Å².